The fourth-order valence-corrected chi connectivity index (χ4v) is 4.07. The van der Waals surface area contributed by atoms with Crippen molar-refractivity contribution in [2.24, 2.45) is 0 Å². The maximum Gasteiger partial charge on any atom is 0.573 e. The summed E-state index contributed by atoms with van der Waals surface area (Å²) in [6.45, 7) is -1.11. The van der Waals surface area contributed by atoms with Crippen molar-refractivity contribution in [3.8, 4) is 5.75 Å². The van der Waals surface area contributed by atoms with Crippen molar-refractivity contribution < 1.29 is 47.5 Å². The van der Waals surface area contributed by atoms with E-state index in [9.17, 15) is 33.3 Å². The third-order valence-corrected chi connectivity index (χ3v) is 5.90. The van der Waals surface area contributed by atoms with Gasteiger partial charge in [0.1, 0.15) is 18.0 Å². The van der Waals surface area contributed by atoms with Crippen LogP contribution in [0.5, 0.6) is 5.75 Å². The highest BCUT2D eigenvalue weighted by molar-refractivity contribution is 6.31. The predicted molar refractivity (Wildman–Crippen MR) is 103 cm³/mol. The Balaban J connectivity index is 1.63. The number of carbonyl (C=O) groups excluding carboxylic acids is 1. The molecule has 7 nitrogen and oxygen atoms in total. The van der Waals surface area contributed by atoms with Crippen LogP contribution in [0.1, 0.15) is 16.7 Å². The van der Waals surface area contributed by atoms with Crippen molar-refractivity contribution in [2.75, 3.05) is 13.2 Å². The van der Waals surface area contributed by atoms with Gasteiger partial charge in [0.05, 0.1) is 13.2 Å². The Kier molecular flexibility index (Phi) is 5.73. The third-order valence-electron chi connectivity index (χ3n) is 5.53. The molecule has 3 N–H and O–H groups in total. The highest BCUT2D eigenvalue weighted by atomic mass is 35.5. The fourth-order valence-electron chi connectivity index (χ4n) is 3.89. The van der Waals surface area contributed by atoms with Gasteiger partial charge >= 0.3 is 6.36 Å². The summed E-state index contributed by atoms with van der Waals surface area (Å²) in [5.41, 5.74) is -0.403. The summed E-state index contributed by atoms with van der Waals surface area (Å²) < 4.78 is 52.2. The lowest BCUT2D eigenvalue weighted by molar-refractivity contribution is -0.287. The van der Waals surface area contributed by atoms with Gasteiger partial charge in [0.25, 0.3) is 0 Å². The fraction of sp³-hybridized carbons (Fsp3) is 0.381. The monoisotopic (exact) mass is 474 g/mol. The Bertz CT molecular complexity index is 1030. The molecule has 0 spiro atoms. The van der Waals surface area contributed by atoms with Gasteiger partial charge in [-0.25, -0.2) is 0 Å². The second-order valence-corrected chi connectivity index (χ2v) is 8.05. The number of ketones is 1. The van der Waals surface area contributed by atoms with Gasteiger partial charge in [-0.05, 0) is 41.8 Å². The molecule has 0 aliphatic carbocycles. The van der Waals surface area contributed by atoms with Crippen LogP contribution in [0, 0.1) is 0 Å². The highest BCUT2D eigenvalue weighted by Gasteiger charge is 2.67. The molecule has 2 bridgehead atoms. The molecular weight excluding hydrogens is 457 g/mol. The first kappa shape index (κ1) is 23.0. The molecule has 2 aromatic carbocycles. The Labute approximate surface area is 184 Å². The molecule has 2 fully saturated rings. The zero-order chi connectivity index (χ0) is 23.3. The lowest BCUT2D eigenvalue weighted by atomic mass is 9.85. The Hall–Kier alpha value is -2.21. The summed E-state index contributed by atoms with van der Waals surface area (Å²) in [7, 11) is 0. The van der Waals surface area contributed by atoms with Crippen molar-refractivity contribution in [1.82, 2.24) is 0 Å². The number of aliphatic hydroxyl groups is 3. The first-order chi connectivity index (χ1) is 15.0. The maximum absolute atomic E-state index is 12.3. The first-order valence-electron chi connectivity index (χ1n) is 9.49. The number of aliphatic hydroxyl groups excluding tert-OH is 3. The van der Waals surface area contributed by atoms with Crippen molar-refractivity contribution in [1.29, 1.82) is 0 Å². The predicted octanol–water partition coefficient (Wildman–Crippen LogP) is 2.06. The number of hydrogen-bond donors (Lipinski definition) is 3. The van der Waals surface area contributed by atoms with E-state index in [4.69, 9.17) is 21.1 Å². The van der Waals surface area contributed by atoms with Gasteiger partial charge in [-0.1, -0.05) is 29.8 Å². The molecule has 0 amide bonds. The molecule has 1 unspecified atom stereocenters. The Morgan fingerprint density at radius 2 is 1.84 bits per heavy atom. The van der Waals surface area contributed by atoms with Crippen molar-refractivity contribution in [2.45, 2.75) is 36.4 Å². The van der Waals surface area contributed by atoms with E-state index in [-0.39, 0.29) is 24.3 Å². The second-order valence-electron chi connectivity index (χ2n) is 7.64. The number of hydrogen-bond acceptors (Lipinski definition) is 7. The van der Waals surface area contributed by atoms with Crippen molar-refractivity contribution in [3.63, 3.8) is 0 Å². The molecule has 2 heterocycles. The van der Waals surface area contributed by atoms with E-state index in [1.807, 2.05) is 0 Å². The molecule has 0 aromatic heterocycles. The molecule has 2 aromatic rings. The molecule has 2 aliphatic heterocycles. The van der Waals surface area contributed by atoms with Crippen LogP contribution in [0.2, 0.25) is 5.02 Å². The molecule has 32 heavy (non-hydrogen) atoms. The molecule has 11 heteroatoms. The van der Waals surface area contributed by atoms with Gasteiger partial charge in [0.2, 0.25) is 11.6 Å². The molecule has 4 atom stereocenters. The van der Waals surface area contributed by atoms with Crippen LogP contribution in [0.4, 0.5) is 13.2 Å². The highest BCUT2D eigenvalue weighted by Crippen LogP contribution is 2.48. The van der Waals surface area contributed by atoms with Crippen molar-refractivity contribution in [3.05, 3.63) is 64.2 Å². The summed E-state index contributed by atoms with van der Waals surface area (Å²) in [6.07, 6.45) is -8.18. The largest absolute Gasteiger partial charge is 0.573 e. The lowest BCUT2D eigenvalue weighted by Crippen LogP contribution is -2.63. The molecule has 2 saturated heterocycles. The zero-order valence-corrected chi connectivity index (χ0v) is 17.1. The lowest BCUT2D eigenvalue weighted by Gasteiger charge is -2.42. The molecule has 172 valence electrons. The minimum Gasteiger partial charge on any atom is -0.406 e. The van der Waals surface area contributed by atoms with Crippen LogP contribution in [-0.2, 0) is 26.5 Å². The number of Topliss-reactive ketones (excluding diaryl/α,β-unsaturated/α-hetero) is 1. The molecule has 0 saturated carbocycles. The molecule has 0 radical (unpaired) electrons. The number of halogens is 4. The van der Waals surface area contributed by atoms with Gasteiger partial charge in [-0.3, -0.25) is 4.79 Å². The smallest absolute Gasteiger partial charge is 0.406 e. The van der Waals surface area contributed by atoms with E-state index in [0.717, 1.165) is 0 Å². The number of fused-ring (bicyclic) bond motifs is 2. The van der Waals surface area contributed by atoms with Crippen LogP contribution in [0.15, 0.2) is 42.5 Å². The van der Waals surface area contributed by atoms with E-state index in [0.29, 0.717) is 16.1 Å². The number of alkyl halides is 3. The number of benzene rings is 2. The van der Waals surface area contributed by atoms with Crippen LogP contribution in [-0.4, -0.2) is 58.5 Å². The molecular formula is C21H18ClF3O7. The van der Waals surface area contributed by atoms with E-state index in [1.165, 1.54) is 36.4 Å². The maximum atomic E-state index is 12.3. The van der Waals surface area contributed by atoms with Crippen LogP contribution in [0.25, 0.3) is 0 Å². The average molecular weight is 475 g/mol. The molecule has 4 rings (SSSR count). The van der Waals surface area contributed by atoms with E-state index >= 15 is 0 Å². The van der Waals surface area contributed by atoms with Gasteiger partial charge in [-0.15, -0.1) is 13.2 Å². The summed E-state index contributed by atoms with van der Waals surface area (Å²) in [5.74, 6) is -3.15. The summed E-state index contributed by atoms with van der Waals surface area (Å²) in [6, 6.07) is 9.77. The summed E-state index contributed by atoms with van der Waals surface area (Å²) >= 11 is 6.28. The average Bonchev–Trinajstić information content (AvgIpc) is 3.13. The minimum atomic E-state index is -4.80. The topological polar surface area (TPSA) is 105 Å². The van der Waals surface area contributed by atoms with Gasteiger partial charge in [0, 0.05) is 10.6 Å². The van der Waals surface area contributed by atoms with E-state index in [2.05, 4.69) is 4.74 Å². The van der Waals surface area contributed by atoms with Crippen LogP contribution < -0.4 is 4.74 Å². The van der Waals surface area contributed by atoms with Gasteiger partial charge in [0.15, 0.2) is 5.60 Å². The first-order valence-corrected chi connectivity index (χ1v) is 9.86. The number of rotatable bonds is 5. The second kappa shape index (κ2) is 7.98. The van der Waals surface area contributed by atoms with E-state index < -0.39 is 42.3 Å². The van der Waals surface area contributed by atoms with Crippen LogP contribution in [0.3, 0.4) is 0 Å². The molecule has 2 aliphatic rings. The number of ether oxygens (including phenoxy) is 3. The quantitative estimate of drug-likeness (QED) is 0.609. The van der Waals surface area contributed by atoms with Crippen LogP contribution >= 0.6 is 11.6 Å². The summed E-state index contributed by atoms with van der Waals surface area (Å²) in [5, 5.41) is 30.8. The minimum absolute atomic E-state index is 0.206. The van der Waals surface area contributed by atoms with Gasteiger partial charge in [-0.2, -0.15) is 0 Å². The Morgan fingerprint density at radius 1 is 1.16 bits per heavy atom. The normalized spacial score (nSPS) is 29.9. The Morgan fingerprint density at radius 3 is 2.47 bits per heavy atom. The van der Waals surface area contributed by atoms with E-state index in [1.54, 1.807) is 6.07 Å². The van der Waals surface area contributed by atoms with Gasteiger partial charge < -0.3 is 29.5 Å². The number of carbonyl (C=O) groups is 1. The summed E-state index contributed by atoms with van der Waals surface area (Å²) in [4.78, 5) is 12.3. The SMILES string of the molecule is O=C1[C@H](O)[C@@H](O)C2(c3ccc(Cl)c(Cc4ccc(OC(F)(F)F)cc4)c3)OC[C@@]1(CO)O2. The standard InChI is InChI=1S/C21H18ClF3O7/c22-15-6-3-13(20-18(29)16(27)17(28)19(9-26,32-20)10-30-20)8-12(15)7-11-1-4-14(5-2-11)31-21(23,24)25/h1-6,8,16,18,26-27,29H,7,9-10H2/t16-,18+,19+,20?/m0/s1. The van der Waals surface area contributed by atoms with Crippen molar-refractivity contribution >= 4 is 17.4 Å². The third kappa shape index (κ3) is 3.87. The zero-order valence-electron chi connectivity index (χ0n) is 16.3.